The zero-order chi connectivity index (χ0) is 12.7. The van der Waals surface area contributed by atoms with Crippen LogP contribution in [0.25, 0.3) is 0 Å². The van der Waals surface area contributed by atoms with Crippen molar-refractivity contribution in [1.29, 1.82) is 0 Å². The fourth-order valence-electron chi connectivity index (χ4n) is 1.33. The molecule has 2 N–H and O–H groups in total. The second-order valence-electron chi connectivity index (χ2n) is 4.41. The van der Waals surface area contributed by atoms with E-state index in [1.807, 2.05) is 24.3 Å². The molecule has 0 spiro atoms. The molecule has 4 heteroatoms. The average molecular weight is 271 g/mol. The zero-order valence-electron chi connectivity index (χ0n) is 10.3. The van der Waals surface area contributed by atoms with Gasteiger partial charge in [0.2, 0.25) is 0 Å². The van der Waals surface area contributed by atoms with E-state index in [1.165, 1.54) is 5.56 Å². The molecule has 0 saturated heterocycles. The summed E-state index contributed by atoms with van der Waals surface area (Å²) in [6.07, 6.45) is 0.945. The van der Waals surface area contributed by atoms with E-state index in [1.54, 1.807) is 0 Å². The third-order valence-electron chi connectivity index (χ3n) is 2.28. The van der Waals surface area contributed by atoms with Crippen LogP contribution in [0.3, 0.4) is 0 Å². The van der Waals surface area contributed by atoms with Crippen molar-refractivity contribution in [2.75, 3.05) is 13.1 Å². The van der Waals surface area contributed by atoms with Crippen LogP contribution in [-0.4, -0.2) is 18.2 Å². The largest absolute Gasteiger partial charge is 0.362 e. The standard InChI is InChI=1S/C13H19ClN2S/c1-10(2)9-16-13(17)15-8-7-11-3-5-12(14)6-4-11/h3-6,10H,7-9H2,1-2H3,(H2,15,16,17). The van der Waals surface area contributed by atoms with Gasteiger partial charge in [0.05, 0.1) is 0 Å². The fraction of sp³-hybridized carbons (Fsp3) is 0.462. The van der Waals surface area contributed by atoms with Crippen molar-refractivity contribution in [3.63, 3.8) is 0 Å². The highest BCUT2D eigenvalue weighted by atomic mass is 35.5. The summed E-state index contributed by atoms with van der Waals surface area (Å²) in [5.41, 5.74) is 1.26. The lowest BCUT2D eigenvalue weighted by Crippen LogP contribution is -2.38. The van der Waals surface area contributed by atoms with Crippen molar-refractivity contribution in [1.82, 2.24) is 10.6 Å². The molecule has 1 aromatic rings. The van der Waals surface area contributed by atoms with Crippen molar-refractivity contribution in [2.24, 2.45) is 5.92 Å². The van der Waals surface area contributed by atoms with Crippen LogP contribution >= 0.6 is 23.8 Å². The van der Waals surface area contributed by atoms with E-state index in [0.29, 0.717) is 5.92 Å². The maximum Gasteiger partial charge on any atom is 0.166 e. The van der Waals surface area contributed by atoms with Crippen LogP contribution in [0.4, 0.5) is 0 Å². The van der Waals surface area contributed by atoms with E-state index in [4.69, 9.17) is 23.8 Å². The second-order valence-corrected chi connectivity index (χ2v) is 5.25. The Hall–Kier alpha value is -0.800. The smallest absolute Gasteiger partial charge is 0.166 e. The molecule has 0 atom stereocenters. The van der Waals surface area contributed by atoms with E-state index in [9.17, 15) is 0 Å². The zero-order valence-corrected chi connectivity index (χ0v) is 11.9. The molecule has 0 heterocycles. The first kappa shape index (κ1) is 14.3. The molecule has 0 saturated carbocycles. The fourth-order valence-corrected chi connectivity index (χ4v) is 1.64. The average Bonchev–Trinajstić information content (AvgIpc) is 2.29. The number of benzene rings is 1. The van der Waals surface area contributed by atoms with E-state index in [-0.39, 0.29) is 0 Å². The summed E-state index contributed by atoms with van der Waals surface area (Å²) >= 11 is 11.0. The van der Waals surface area contributed by atoms with Crippen LogP contribution < -0.4 is 10.6 Å². The summed E-state index contributed by atoms with van der Waals surface area (Å²) in [4.78, 5) is 0. The lowest BCUT2D eigenvalue weighted by molar-refractivity contribution is 0.619. The summed E-state index contributed by atoms with van der Waals surface area (Å²) in [6, 6.07) is 7.89. The first-order valence-corrected chi connectivity index (χ1v) is 6.62. The Bertz CT molecular complexity index is 349. The predicted molar refractivity (Wildman–Crippen MR) is 78.6 cm³/mol. The lowest BCUT2D eigenvalue weighted by Gasteiger charge is -2.12. The van der Waals surface area contributed by atoms with Crippen LogP contribution in [0, 0.1) is 5.92 Å². The van der Waals surface area contributed by atoms with E-state index >= 15 is 0 Å². The van der Waals surface area contributed by atoms with Crippen LogP contribution in [-0.2, 0) is 6.42 Å². The number of nitrogens with one attached hydrogen (secondary N) is 2. The number of rotatable bonds is 5. The van der Waals surface area contributed by atoms with Crippen LogP contribution in [0.2, 0.25) is 5.02 Å². The molecule has 1 rings (SSSR count). The molecule has 0 aliphatic heterocycles. The van der Waals surface area contributed by atoms with Gasteiger partial charge in [-0.3, -0.25) is 0 Å². The molecule has 0 fully saturated rings. The van der Waals surface area contributed by atoms with Gasteiger partial charge in [-0.25, -0.2) is 0 Å². The minimum atomic E-state index is 0.603. The Kier molecular flexibility index (Phi) is 6.30. The molecular weight excluding hydrogens is 252 g/mol. The van der Waals surface area contributed by atoms with Gasteiger partial charge in [0.25, 0.3) is 0 Å². The van der Waals surface area contributed by atoms with Crippen molar-refractivity contribution in [3.8, 4) is 0 Å². The number of hydrogen-bond acceptors (Lipinski definition) is 1. The Labute approximate surface area is 114 Å². The highest BCUT2D eigenvalue weighted by Crippen LogP contribution is 2.09. The van der Waals surface area contributed by atoms with Crippen LogP contribution in [0.15, 0.2) is 24.3 Å². The molecular formula is C13H19ClN2S. The molecule has 1 aromatic carbocycles. The summed E-state index contributed by atoms with van der Waals surface area (Å²) in [5.74, 6) is 0.603. The van der Waals surface area contributed by atoms with Gasteiger partial charge >= 0.3 is 0 Å². The van der Waals surface area contributed by atoms with Gasteiger partial charge in [-0.1, -0.05) is 37.6 Å². The van der Waals surface area contributed by atoms with E-state index < -0.39 is 0 Å². The maximum atomic E-state index is 5.82. The molecule has 0 unspecified atom stereocenters. The summed E-state index contributed by atoms with van der Waals surface area (Å²) in [7, 11) is 0. The molecule has 0 amide bonds. The van der Waals surface area contributed by atoms with Gasteiger partial charge in [0.15, 0.2) is 5.11 Å². The van der Waals surface area contributed by atoms with Crippen molar-refractivity contribution >= 4 is 28.9 Å². The van der Waals surface area contributed by atoms with Gasteiger partial charge in [0, 0.05) is 18.1 Å². The van der Waals surface area contributed by atoms with Gasteiger partial charge in [-0.15, -0.1) is 0 Å². The highest BCUT2D eigenvalue weighted by molar-refractivity contribution is 7.80. The molecule has 17 heavy (non-hydrogen) atoms. The maximum absolute atomic E-state index is 5.82. The molecule has 0 bridgehead atoms. The van der Waals surface area contributed by atoms with Gasteiger partial charge < -0.3 is 10.6 Å². The summed E-state index contributed by atoms with van der Waals surface area (Å²) < 4.78 is 0. The van der Waals surface area contributed by atoms with E-state index in [2.05, 4.69) is 24.5 Å². The van der Waals surface area contributed by atoms with Crippen molar-refractivity contribution in [3.05, 3.63) is 34.9 Å². The van der Waals surface area contributed by atoms with E-state index in [0.717, 1.165) is 29.6 Å². The van der Waals surface area contributed by atoms with Gasteiger partial charge in [-0.2, -0.15) is 0 Å². The van der Waals surface area contributed by atoms with Crippen LogP contribution in [0.1, 0.15) is 19.4 Å². The Morgan fingerprint density at radius 1 is 1.24 bits per heavy atom. The predicted octanol–water partition coefficient (Wildman–Crippen LogP) is 3.00. The van der Waals surface area contributed by atoms with Gasteiger partial charge in [-0.05, 0) is 42.3 Å². The monoisotopic (exact) mass is 270 g/mol. The quantitative estimate of drug-likeness (QED) is 0.805. The summed E-state index contributed by atoms with van der Waals surface area (Å²) in [5, 5.41) is 7.87. The minimum absolute atomic E-state index is 0.603. The molecule has 0 radical (unpaired) electrons. The second kappa shape index (κ2) is 7.51. The molecule has 0 aromatic heterocycles. The Balaban J connectivity index is 2.19. The normalized spacial score (nSPS) is 10.4. The van der Waals surface area contributed by atoms with Gasteiger partial charge in [0.1, 0.15) is 0 Å². The topological polar surface area (TPSA) is 24.1 Å². The van der Waals surface area contributed by atoms with Crippen LogP contribution in [0.5, 0.6) is 0 Å². The first-order valence-electron chi connectivity index (χ1n) is 5.84. The number of hydrogen-bond donors (Lipinski definition) is 2. The third-order valence-corrected chi connectivity index (χ3v) is 2.82. The Morgan fingerprint density at radius 2 is 1.88 bits per heavy atom. The first-order chi connectivity index (χ1) is 8.08. The molecule has 0 aliphatic carbocycles. The number of halogens is 1. The molecule has 0 aliphatic rings. The van der Waals surface area contributed by atoms with Crippen molar-refractivity contribution in [2.45, 2.75) is 20.3 Å². The SMILES string of the molecule is CC(C)CNC(=S)NCCc1ccc(Cl)cc1. The lowest BCUT2D eigenvalue weighted by atomic mass is 10.1. The molecule has 2 nitrogen and oxygen atoms in total. The highest BCUT2D eigenvalue weighted by Gasteiger charge is 1.98. The molecule has 94 valence electrons. The third kappa shape index (κ3) is 6.49. The Morgan fingerprint density at radius 3 is 2.47 bits per heavy atom. The minimum Gasteiger partial charge on any atom is -0.362 e. The van der Waals surface area contributed by atoms with Crippen molar-refractivity contribution < 1.29 is 0 Å². The number of thiocarbonyl (C=S) groups is 1. The summed E-state index contributed by atoms with van der Waals surface area (Å²) in [6.45, 7) is 6.06.